The van der Waals surface area contributed by atoms with Gasteiger partial charge in [-0.25, -0.2) is 0 Å². The molecule has 2 aromatic rings. The Morgan fingerprint density at radius 2 is 2.13 bits per heavy atom. The predicted octanol–water partition coefficient (Wildman–Crippen LogP) is 1.63. The van der Waals surface area contributed by atoms with Gasteiger partial charge >= 0.3 is 0 Å². The Bertz CT molecular complexity index is 871. The molecule has 7 heteroatoms. The average molecular weight is 333 g/mol. The van der Waals surface area contributed by atoms with E-state index in [2.05, 4.69) is 10.3 Å². The van der Waals surface area contributed by atoms with E-state index in [1.54, 1.807) is 25.2 Å². The molecule has 1 aromatic carbocycles. The molecule has 122 valence electrons. The molecule has 1 amide bonds. The topological polar surface area (TPSA) is 87.1 Å². The van der Waals surface area contributed by atoms with Crippen LogP contribution in [0.5, 0.6) is 0 Å². The number of nitrogens with one attached hydrogen (secondary N) is 2. The summed E-state index contributed by atoms with van der Waals surface area (Å²) in [5, 5.41) is 13.3. The summed E-state index contributed by atoms with van der Waals surface area (Å²) in [5.74, 6) is -0.252. The van der Waals surface area contributed by atoms with Crippen LogP contribution in [0.1, 0.15) is 36.0 Å². The molecule has 0 saturated heterocycles. The van der Waals surface area contributed by atoms with Crippen molar-refractivity contribution in [2.45, 2.75) is 37.8 Å². The van der Waals surface area contributed by atoms with E-state index >= 15 is 0 Å². The fourth-order valence-electron chi connectivity index (χ4n) is 2.98. The fraction of sp³-hybridized carbons (Fsp3) is 0.438. The maximum absolute atomic E-state index is 12.4. The first-order chi connectivity index (χ1) is 11.0. The molecular formula is C16H19N3O3S. The van der Waals surface area contributed by atoms with Gasteiger partial charge in [-0.2, -0.15) is 0 Å². The van der Waals surface area contributed by atoms with Gasteiger partial charge in [0.25, 0.3) is 11.5 Å². The number of hydrogen-bond acceptors (Lipinski definition) is 4. The highest BCUT2D eigenvalue weighted by molar-refractivity contribution is 7.71. The molecule has 23 heavy (non-hydrogen) atoms. The van der Waals surface area contributed by atoms with E-state index in [0.29, 0.717) is 27.7 Å². The van der Waals surface area contributed by atoms with Crippen molar-refractivity contribution in [1.29, 1.82) is 0 Å². The molecule has 1 aliphatic carbocycles. The summed E-state index contributed by atoms with van der Waals surface area (Å²) in [6.07, 6.45) is 2.99. The molecule has 0 radical (unpaired) electrons. The number of benzene rings is 1. The molecule has 1 aliphatic rings. The third-order valence-electron chi connectivity index (χ3n) is 4.41. The lowest BCUT2D eigenvalue weighted by molar-refractivity contribution is 0.0717. The van der Waals surface area contributed by atoms with Crippen LogP contribution in [0, 0.1) is 4.77 Å². The molecule has 0 aliphatic heterocycles. The summed E-state index contributed by atoms with van der Waals surface area (Å²) in [4.78, 5) is 27.5. The number of nitrogens with zero attached hydrogens (tertiary/aromatic N) is 1. The van der Waals surface area contributed by atoms with Gasteiger partial charge in [0, 0.05) is 12.6 Å². The van der Waals surface area contributed by atoms with Crippen LogP contribution in [0.3, 0.4) is 0 Å². The van der Waals surface area contributed by atoms with Gasteiger partial charge in [0.05, 0.1) is 23.0 Å². The van der Waals surface area contributed by atoms with Gasteiger partial charge in [-0.15, -0.1) is 0 Å². The highest BCUT2D eigenvalue weighted by Gasteiger charge is 2.24. The number of carbonyl (C=O) groups excluding carboxylic acids is 1. The Kier molecular flexibility index (Phi) is 4.32. The number of amides is 1. The zero-order valence-electron chi connectivity index (χ0n) is 12.8. The molecule has 6 nitrogen and oxygen atoms in total. The van der Waals surface area contributed by atoms with Crippen LogP contribution < -0.4 is 10.9 Å². The van der Waals surface area contributed by atoms with Crippen molar-refractivity contribution < 1.29 is 9.90 Å². The number of rotatable bonds is 2. The van der Waals surface area contributed by atoms with Crippen LogP contribution in [-0.4, -0.2) is 32.7 Å². The first-order valence-corrected chi connectivity index (χ1v) is 8.10. The Balaban J connectivity index is 1.91. The van der Waals surface area contributed by atoms with Crippen molar-refractivity contribution in [2.24, 2.45) is 7.05 Å². The molecule has 3 N–H and O–H groups in total. The second-order valence-corrected chi connectivity index (χ2v) is 6.37. The van der Waals surface area contributed by atoms with Crippen LogP contribution in [0.4, 0.5) is 0 Å². The molecule has 1 saturated carbocycles. The summed E-state index contributed by atoms with van der Waals surface area (Å²) >= 11 is 5.10. The van der Waals surface area contributed by atoms with Gasteiger partial charge in [-0.3, -0.25) is 14.2 Å². The van der Waals surface area contributed by atoms with E-state index in [9.17, 15) is 14.7 Å². The monoisotopic (exact) mass is 333 g/mol. The van der Waals surface area contributed by atoms with Crippen molar-refractivity contribution in [3.05, 3.63) is 38.9 Å². The number of hydrogen-bond donors (Lipinski definition) is 3. The molecule has 3 rings (SSSR count). The molecular weight excluding hydrogens is 314 g/mol. The van der Waals surface area contributed by atoms with E-state index in [1.807, 2.05) is 0 Å². The van der Waals surface area contributed by atoms with Crippen molar-refractivity contribution in [3.8, 4) is 0 Å². The Morgan fingerprint density at radius 1 is 1.39 bits per heavy atom. The summed E-state index contributed by atoms with van der Waals surface area (Å²) < 4.78 is 1.67. The first kappa shape index (κ1) is 15.9. The third kappa shape index (κ3) is 3.07. The second-order valence-electron chi connectivity index (χ2n) is 5.99. The lowest BCUT2D eigenvalue weighted by Gasteiger charge is -2.28. The van der Waals surface area contributed by atoms with Gasteiger partial charge < -0.3 is 15.4 Å². The van der Waals surface area contributed by atoms with Crippen LogP contribution in [0.2, 0.25) is 0 Å². The molecule has 0 spiro atoms. The minimum Gasteiger partial charge on any atom is -0.391 e. The number of H-pyrrole nitrogens is 1. The maximum atomic E-state index is 12.4. The lowest BCUT2D eigenvalue weighted by atomic mass is 9.92. The maximum Gasteiger partial charge on any atom is 0.261 e. The van der Waals surface area contributed by atoms with Crippen molar-refractivity contribution >= 4 is 29.0 Å². The second kappa shape index (κ2) is 6.25. The van der Waals surface area contributed by atoms with Crippen LogP contribution >= 0.6 is 12.2 Å². The molecule has 1 fully saturated rings. The smallest absolute Gasteiger partial charge is 0.261 e. The number of aliphatic hydroxyl groups is 1. The standard InChI is InChI=1S/C16H19N3O3S/c1-19-15(22)10-7-6-9(8-12(10)18-16(19)23)14(21)17-11-4-2-3-5-13(11)20/h6-8,11,13,20H,2-5H2,1H3,(H,17,21)(H,18,23)/t11-,13+/m1/s1. The van der Waals surface area contributed by atoms with E-state index in [4.69, 9.17) is 12.2 Å². The summed E-state index contributed by atoms with van der Waals surface area (Å²) in [6, 6.07) is 4.64. The number of fused-ring (bicyclic) bond motifs is 1. The number of carbonyl (C=O) groups is 1. The zero-order chi connectivity index (χ0) is 16.6. The van der Waals surface area contributed by atoms with Gasteiger partial charge in [0.1, 0.15) is 0 Å². The Hall–Kier alpha value is -1.99. The van der Waals surface area contributed by atoms with Crippen molar-refractivity contribution in [2.75, 3.05) is 0 Å². The molecule has 1 heterocycles. The predicted molar refractivity (Wildman–Crippen MR) is 90.1 cm³/mol. The fourth-order valence-corrected chi connectivity index (χ4v) is 3.17. The van der Waals surface area contributed by atoms with E-state index in [-0.39, 0.29) is 17.5 Å². The number of aromatic amines is 1. The minimum atomic E-state index is -0.494. The Morgan fingerprint density at radius 3 is 2.87 bits per heavy atom. The quantitative estimate of drug-likeness (QED) is 0.729. The van der Waals surface area contributed by atoms with Crippen molar-refractivity contribution in [1.82, 2.24) is 14.9 Å². The minimum absolute atomic E-state index is 0.196. The normalized spacial score (nSPS) is 21.3. The number of aromatic nitrogens is 2. The summed E-state index contributed by atoms with van der Waals surface area (Å²) in [5.41, 5.74) is 0.780. The van der Waals surface area contributed by atoms with E-state index in [0.717, 1.165) is 19.3 Å². The van der Waals surface area contributed by atoms with Gasteiger partial charge in [0.15, 0.2) is 4.77 Å². The van der Waals surface area contributed by atoms with E-state index in [1.165, 1.54) is 4.57 Å². The lowest BCUT2D eigenvalue weighted by Crippen LogP contribution is -2.45. The SMILES string of the molecule is Cn1c(=S)[nH]c2cc(C(=O)N[C@@H]3CCCC[C@@H]3O)ccc2c1=O. The van der Waals surface area contributed by atoms with Gasteiger partial charge in [-0.1, -0.05) is 12.8 Å². The molecule has 1 aromatic heterocycles. The zero-order valence-corrected chi connectivity index (χ0v) is 13.7. The highest BCUT2D eigenvalue weighted by Crippen LogP contribution is 2.19. The third-order valence-corrected chi connectivity index (χ3v) is 4.78. The molecule has 2 atom stereocenters. The van der Waals surface area contributed by atoms with Gasteiger partial charge in [0.2, 0.25) is 0 Å². The average Bonchev–Trinajstić information content (AvgIpc) is 2.54. The summed E-state index contributed by atoms with van der Waals surface area (Å²) in [7, 11) is 1.60. The van der Waals surface area contributed by atoms with Crippen LogP contribution in [0.15, 0.2) is 23.0 Å². The molecule has 0 bridgehead atoms. The van der Waals surface area contributed by atoms with Crippen LogP contribution in [-0.2, 0) is 7.05 Å². The van der Waals surface area contributed by atoms with Crippen LogP contribution in [0.25, 0.3) is 10.9 Å². The number of aliphatic hydroxyl groups excluding tert-OH is 1. The van der Waals surface area contributed by atoms with E-state index < -0.39 is 6.10 Å². The van der Waals surface area contributed by atoms with Crippen molar-refractivity contribution in [3.63, 3.8) is 0 Å². The highest BCUT2D eigenvalue weighted by atomic mass is 32.1. The molecule has 0 unspecified atom stereocenters. The first-order valence-electron chi connectivity index (χ1n) is 7.69. The summed E-state index contributed by atoms with van der Waals surface area (Å²) in [6.45, 7) is 0. The van der Waals surface area contributed by atoms with Gasteiger partial charge in [-0.05, 0) is 43.3 Å². The largest absolute Gasteiger partial charge is 0.391 e. The Labute approximate surface area is 138 Å².